The summed E-state index contributed by atoms with van der Waals surface area (Å²) in [7, 11) is 0. The first-order chi connectivity index (χ1) is 12.8. The predicted molar refractivity (Wildman–Crippen MR) is 121 cm³/mol. The lowest BCUT2D eigenvalue weighted by molar-refractivity contribution is 0.137. The van der Waals surface area contributed by atoms with Gasteiger partial charge in [-0.1, -0.05) is 92.0 Å². The van der Waals surface area contributed by atoms with Crippen molar-refractivity contribution in [1.82, 2.24) is 0 Å². The smallest absolute Gasteiger partial charge is 0.0128 e. The molecule has 152 valence electrons. The summed E-state index contributed by atoms with van der Waals surface area (Å²) in [5.74, 6) is 4.12. The van der Waals surface area contributed by atoms with Gasteiger partial charge in [-0.3, -0.25) is 0 Å². The van der Waals surface area contributed by atoms with Gasteiger partial charge in [0.1, 0.15) is 0 Å². The number of hydrogen-bond donors (Lipinski definition) is 0. The highest BCUT2D eigenvalue weighted by Crippen LogP contribution is 2.54. The van der Waals surface area contributed by atoms with E-state index >= 15 is 0 Å². The first kappa shape index (κ1) is 25.2. The van der Waals surface area contributed by atoms with Crippen molar-refractivity contribution in [3.8, 4) is 0 Å². The van der Waals surface area contributed by atoms with Gasteiger partial charge in [-0.05, 0) is 73.8 Å². The van der Waals surface area contributed by atoms with Crippen LogP contribution in [0.25, 0.3) is 0 Å². The van der Waals surface area contributed by atoms with Crippen LogP contribution in [-0.2, 0) is 6.42 Å². The topological polar surface area (TPSA) is 0 Å². The number of benzene rings is 1. The Morgan fingerprint density at radius 2 is 1.35 bits per heavy atom. The van der Waals surface area contributed by atoms with Gasteiger partial charge < -0.3 is 0 Å². The minimum atomic E-state index is 0.911. The Bertz CT molecular complexity index is 459. The van der Waals surface area contributed by atoms with Gasteiger partial charge in [-0.2, -0.15) is 0 Å². The summed E-state index contributed by atoms with van der Waals surface area (Å²) in [6.07, 6.45) is 10.4. The van der Waals surface area contributed by atoms with Crippen molar-refractivity contribution >= 4 is 0 Å². The van der Waals surface area contributed by atoms with Crippen LogP contribution in [0, 0.1) is 24.7 Å². The molecule has 0 bridgehead atoms. The Morgan fingerprint density at radius 3 is 2.00 bits per heavy atom. The third-order valence-electron chi connectivity index (χ3n) is 6.08. The van der Waals surface area contributed by atoms with Crippen LogP contribution in [0.4, 0.5) is 0 Å². The van der Waals surface area contributed by atoms with E-state index < -0.39 is 0 Å². The molecule has 4 atom stereocenters. The maximum absolute atomic E-state index is 2.46. The molecule has 0 heterocycles. The fourth-order valence-corrected chi connectivity index (χ4v) is 5.33. The number of rotatable bonds is 0. The summed E-state index contributed by atoms with van der Waals surface area (Å²) < 4.78 is 0. The summed E-state index contributed by atoms with van der Waals surface area (Å²) in [5, 5.41) is 0. The van der Waals surface area contributed by atoms with Gasteiger partial charge in [0, 0.05) is 0 Å². The van der Waals surface area contributed by atoms with E-state index in [0.717, 1.165) is 23.7 Å². The van der Waals surface area contributed by atoms with Crippen molar-refractivity contribution in [2.75, 3.05) is 0 Å². The first-order valence-electron chi connectivity index (χ1n) is 11.9. The Balaban J connectivity index is 0.000000698. The molecule has 3 aliphatic carbocycles. The fraction of sp³-hybridized carbons (Fsp3) is 0.769. The van der Waals surface area contributed by atoms with Gasteiger partial charge in [-0.15, -0.1) is 0 Å². The molecule has 4 unspecified atom stereocenters. The molecule has 0 saturated heterocycles. The van der Waals surface area contributed by atoms with Crippen LogP contribution in [0.2, 0.25) is 0 Å². The van der Waals surface area contributed by atoms with Crippen molar-refractivity contribution in [3.05, 3.63) is 34.9 Å². The summed E-state index contributed by atoms with van der Waals surface area (Å²) >= 11 is 0. The lowest BCUT2D eigenvalue weighted by Gasteiger charge is -2.44. The van der Waals surface area contributed by atoms with Crippen LogP contribution in [0.3, 0.4) is 0 Å². The molecular formula is C26H48. The van der Waals surface area contributed by atoms with Crippen molar-refractivity contribution in [3.63, 3.8) is 0 Å². The molecule has 26 heavy (non-hydrogen) atoms. The summed E-state index contributed by atoms with van der Waals surface area (Å²) in [6.45, 7) is 18.2. The van der Waals surface area contributed by atoms with Crippen molar-refractivity contribution < 1.29 is 0 Å². The van der Waals surface area contributed by atoms with Gasteiger partial charge in [0.05, 0.1) is 0 Å². The van der Waals surface area contributed by atoms with E-state index in [1.165, 1.54) is 50.5 Å². The lowest BCUT2D eigenvalue weighted by Crippen LogP contribution is -2.34. The van der Waals surface area contributed by atoms with E-state index in [1.54, 1.807) is 11.1 Å². The molecule has 0 N–H and O–H groups in total. The summed E-state index contributed by atoms with van der Waals surface area (Å²) in [4.78, 5) is 0. The molecule has 0 spiro atoms. The highest BCUT2D eigenvalue weighted by Gasteiger charge is 2.43. The van der Waals surface area contributed by atoms with Crippen LogP contribution in [-0.4, -0.2) is 0 Å². The molecule has 0 radical (unpaired) electrons. The van der Waals surface area contributed by atoms with E-state index in [4.69, 9.17) is 0 Å². The van der Waals surface area contributed by atoms with Crippen molar-refractivity contribution in [1.29, 1.82) is 0 Å². The maximum Gasteiger partial charge on any atom is -0.0128 e. The van der Waals surface area contributed by atoms with Crippen LogP contribution in [0.15, 0.2) is 18.2 Å². The Hall–Kier alpha value is -0.780. The Morgan fingerprint density at radius 1 is 0.692 bits per heavy atom. The SMILES string of the molecule is CC.CC.CC.CC.Cc1ccc2c(c1)CCC1C2CCC2CCCC21. The summed E-state index contributed by atoms with van der Waals surface area (Å²) in [5.41, 5.74) is 4.84. The molecule has 0 amide bonds. The second-order valence-corrected chi connectivity index (χ2v) is 6.94. The maximum atomic E-state index is 2.46. The molecule has 4 rings (SSSR count). The van der Waals surface area contributed by atoms with E-state index in [1.807, 2.05) is 55.4 Å². The lowest BCUT2D eigenvalue weighted by atomic mass is 9.61. The molecule has 2 saturated carbocycles. The standard InChI is InChI=1S/C18H24.4C2H6/c1-12-5-8-16-14(11-12)7-10-17-15-4-2-3-13(15)6-9-18(16)17;4*1-2/h5,8,11,13,15,17-18H,2-4,6-7,9-10H2,1H3;4*1-2H3. The minimum Gasteiger partial charge on any atom is -0.0683 e. The third-order valence-corrected chi connectivity index (χ3v) is 6.08. The molecule has 0 heteroatoms. The fourth-order valence-electron chi connectivity index (χ4n) is 5.33. The van der Waals surface area contributed by atoms with E-state index in [0.29, 0.717) is 0 Å². The van der Waals surface area contributed by atoms with Crippen molar-refractivity contribution in [2.24, 2.45) is 17.8 Å². The number of hydrogen-bond acceptors (Lipinski definition) is 0. The predicted octanol–water partition coefficient (Wildman–Crippen LogP) is 8.96. The zero-order valence-corrected chi connectivity index (χ0v) is 19.5. The Kier molecular flexibility index (Phi) is 13.9. The second kappa shape index (κ2) is 14.3. The molecule has 2 fully saturated rings. The zero-order valence-electron chi connectivity index (χ0n) is 19.5. The minimum absolute atomic E-state index is 0.911. The van der Waals surface area contributed by atoms with Crippen LogP contribution in [0.5, 0.6) is 0 Å². The van der Waals surface area contributed by atoms with E-state index in [9.17, 15) is 0 Å². The van der Waals surface area contributed by atoms with Gasteiger partial charge in [0.15, 0.2) is 0 Å². The van der Waals surface area contributed by atoms with Gasteiger partial charge in [-0.25, -0.2) is 0 Å². The highest BCUT2D eigenvalue weighted by atomic mass is 14.5. The van der Waals surface area contributed by atoms with Gasteiger partial charge in [0.25, 0.3) is 0 Å². The average Bonchev–Trinajstić information content (AvgIpc) is 3.22. The molecular weight excluding hydrogens is 312 g/mol. The van der Waals surface area contributed by atoms with Crippen LogP contribution >= 0.6 is 0 Å². The third kappa shape index (κ3) is 5.86. The largest absolute Gasteiger partial charge is 0.0683 e. The average molecular weight is 361 g/mol. The van der Waals surface area contributed by atoms with Crippen LogP contribution in [0.1, 0.15) is 117 Å². The molecule has 0 aliphatic heterocycles. The van der Waals surface area contributed by atoms with Crippen molar-refractivity contribution in [2.45, 2.75) is 113 Å². The molecule has 3 aliphatic rings. The first-order valence-corrected chi connectivity index (χ1v) is 11.9. The zero-order chi connectivity index (χ0) is 20.1. The van der Waals surface area contributed by atoms with Gasteiger partial charge >= 0.3 is 0 Å². The molecule has 1 aromatic carbocycles. The number of fused-ring (bicyclic) bond motifs is 5. The second-order valence-electron chi connectivity index (χ2n) is 6.94. The molecule has 0 aromatic heterocycles. The van der Waals surface area contributed by atoms with Gasteiger partial charge in [0.2, 0.25) is 0 Å². The molecule has 0 nitrogen and oxygen atoms in total. The molecule has 1 aromatic rings. The van der Waals surface area contributed by atoms with E-state index in [-0.39, 0.29) is 0 Å². The Labute approximate surface area is 166 Å². The normalized spacial score (nSPS) is 27.1. The van der Waals surface area contributed by atoms with E-state index in [2.05, 4.69) is 25.1 Å². The highest BCUT2D eigenvalue weighted by molar-refractivity contribution is 5.37. The quantitative estimate of drug-likeness (QED) is 0.433. The van der Waals surface area contributed by atoms with Crippen LogP contribution < -0.4 is 0 Å². The summed E-state index contributed by atoms with van der Waals surface area (Å²) in [6, 6.07) is 7.24. The number of aryl methyl sites for hydroxylation is 2. The monoisotopic (exact) mass is 360 g/mol.